The number of nitrogens with zero attached hydrogens (tertiary/aromatic N) is 2. The van der Waals surface area contributed by atoms with E-state index in [-0.39, 0.29) is 18.1 Å². The maximum atomic E-state index is 12.4. The van der Waals surface area contributed by atoms with Gasteiger partial charge in [-0.15, -0.1) is 0 Å². The van der Waals surface area contributed by atoms with Gasteiger partial charge in [0.1, 0.15) is 11.3 Å². The lowest BCUT2D eigenvalue weighted by molar-refractivity contribution is -0.134. The molecule has 1 fully saturated rings. The Bertz CT molecular complexity index is 1060. The summed E-state index contributed by atoms with van der Waals surface area (Å²) in [5, 5.41) is 2.52. The van der Waals surface area contributed by atoms with E-state index in [1.54, 1.807) is 0 Å². The van der Waals surface area contributed by atoms with Crippen molar-refractivity contribution in [3.8, 4) is 5.75 Å². The van der Waals surface area contributed by atoms with Crippen LogP contribution in [0.25, 0.3) is 21.7 Å². The summed E-state index contributed by atoms with van der Waals surface area (Å²) in [6, 6.07) is 10.9. The van der Waals surface area contributed by atoms with Crippen molar-refractivity contribution in [1.29, 1.82) is 0 Å². The van der Waals surface area contributed by atoms with Crippen molar-refractivity contribution in [2.45, 2.75) is 6.92 Å². The Morgan fingerprint density at radius 3 is 2.59 bits per heavy atom. The molecule has 0 unspecified atom stereocenters. The minimum absolute atomic E-state index is 0.00136. The number of rotatable bonds is 3. The van der Waals surface area contributed by atoms with Gasteiger partial charge in [-0.05, 0) is 31.7 Å². The summed E-state index contributed by atoms with van der Waals surface area (Å²) < 4.78 is 11.3. The van der Waals surface area contributed by atoms with Gasteiger partial charge in [0.2, 0.25) is 0 Å². The van der Waals surface area contributed by atoms with Crippen LogP contribution < -0.4 is 10.4 Å². The molecule has 1 aromatic heterocycles. The first-order valence-corrected chi connectivity index (χ1v) is 9.08. The molecule has 6 heteroatoms. The molecular weight excluding hydrogens is 344 g/mol. The van der Waals surface area contributed by atoms with E-state index in [2.05, 4.69) is 11.9 Å². The SMILES string of the molecule is Cc1cc(=O)oc2c1ccc1c(OCC(=O)N3CCN(C)CC3)cccc12. The van der Waals surface area contributed by atoms with Gasteiger partial charge in [-0.2, -0.15) is 0 Å². The highest BCUT2D eigenvalue weighted by molar-refractivity contribution is 6.07. The summed E-state index contributed by atoms with van der Waals surface area (Å²) in [6.45, 7) is 5.10. The molecule has 140 valence electrons. The molecule has 0 radical (unpaired) electrons. The number of ether oxygens (including phenoxy) is 1. The molecule has 0 saturated carbocycles. The van der Waals surface area contributed by atoms with Crippen molar-refractivity contribution < 1.29 is 13.9 Å². The lowest BCUT2D eigenvalue weighted by Gasteiger charge is -2.32. The van der Waals surface area contributed by atoms with E-state index in [0.29, 0.717) is 11.3 Å². The van der Waals surface area contributed by atoms with Gasteiger partial charge in [0.25, 0.3) is 5.91 Å². The first-order chi connectivity index (χ1) is 13.0. The first-order valence-electron chi connectivity index (χ1n) is 9.08. The molecule has 1 amide bonds. The van der Waals surface area contributed by atoms with Crippen molar-refractivity contribution in [3.63, 3.8) is 0 Å². The second kappa shape index (κ2) is 7.04. The number of benzene rings is 2. The van der Waals surface area contributed by atoms with Gasteiger partial charge in [-0.3, -0.25) is 4.79 Å². The number of piperazine rings is 1. The number of hydrogen-bond acceptors (Lipinski definition) is 5. The summed E-state index contributed by atoms with van der Waals surface area (Å²) in [5.41, 5.74) is 1.05. The van der Waals surface area contributed by atoms with Crippen LogP contribution in [0.1, 0.15) is 5.56 Å². The Morgan fingerprint density at radius 2 is 1.81 bits per heavy atom. The molecule has 2 aromatic carbocycles. The predicted molar refractivity (Wildman–Crippen MR) is 104 cm³/mol. The van der Waals surface area contributed by atoms with E-state index in [9.17, 15) is 9.59 Å². The van der Waals surface area contributed by atoms with Crippen LogP contribution in [-0.2, 0) is 4.79 Å². The molecule has 2 heterocycles. The topological polar surface area (TPSA) is 63.0 Å². The van der Waals surface area contributed by atoms with E-state index in [0.717, 1.165) is 47.9 Å². The molecule has 0 atom stereocenters. The van der Waals surface area contributed by atoms with Crippen LogP contribution in [-0.4, -0.2) is 55.5 Å². The fourth-order valence-electron chi connectivity index (χ4n) is 3.52. The molecule has 27 heavy (non-hydrogen) atoms. The summed E-state index contributed by atoms with van der Waals surface area (Å²) in [6.07, 6.45) is 0. The molecule has 1 aliphatic heterocycles. The Kier molecular flexibility index (Phi) is 4.58. The standard InChI is InChI=1S/C21H22N2O4/c1-14-12-20(25)27-21-15(14)6-7-16-17(21)4-3-5-18(16)26-13-19(24)23-10-8-22(2)9-11-23/h3-7,12H,8-11,13H2,1-2H3. The summed E-state index contributed by atoms with van der Waals surface area (Å²) in [5.74, 6) is 0.601. The number of fused-ring (bicyclic) bond motifs is 3. The highest BCUT2D eigenvalue weighted by Gasteiger charge is 2.19. The third kappa shape index (κ3) is 3.40. The molecular formula is C21H22N2O4. The van der Waals surface area contributed by atoms with Gasteiger partial charge < -0.3 is 19.0 Å². The van der Waals surface area contributed by atoms with Crippen LogP contribution in [0.5, 0.6) is 5.75 Å². The van der Waals surface area contributed by atoms with Gasteiger partial charge in [-0.1, -0.05) is 18.2 Å². The van der Waals surface area contributed by atoms with Crippen LogP contribution in [0, 0.1) is 6.92 Å². The minimum Gasteiger partial charge on any atom is -0.483 e. The largest absolute Gasteiger partial charge is 0.483 e. The number of likely N-dealkylation sites (N-methyl/N-ethyl adjacent to an activating group) is 1. The van der Waals surface area contributed by atoms with Gasteiger partial charge in [-0.25, -0.2) is 4.79 Å². The average molecular weight is 366 g/mol. The highest BCUT2D eigenvalue weighted by Crippen LogP contribution is 2.32. The first kappa shape index (κ1) is 17.5. The quantitative estimate of drug-likeness (QED) is 0.526. The summed E-state index contributed by atoms with van der Waals surface area (Å²) >= 11 is 0. The second-order valence-electron chi connectivity index (χ2n) is 7.01. The zero-order chi connectivity index (χ0) is 19.0. The summed E-state index contributed by atoms with van der Waals surface area (Å²) in [7, 11) is 2.05. The maximum absolute atomic E-state index is 12.4. The van der Waals surface area contributed by atoms with Crippen molar-refractivity contribution in [1.82, 2.24) is 9.80 Å². The lowest BCUT2D eigenvalue weighted by atomic mass is 10.0. The molecule has 0 spiro atoms. The highest BCUT2D eigenvalue weighted by atomic mass is 16.5. The predicted octanol–water partition coefficient (Wildman–Crippen LogP) is 2.41. The molecule has 4 rings (SSSR count). The van der Waals surface area contributed by atoms with Crippen LogP contribution >= 0.6 is 0 Å². The summed E-state index contributed by atoms with van der Waals surface area (Å²) in [4.78, 5) is 28.3. The second-order valence-corrected chi connectivity index (χ2v) is 7.01. The number of amides is 1. The van der Waals surface area contributed by atoms with E-state index in [1.165, 1.54) is 6.07 Å². The zero-order valence-corrected chi connectivity index (χ0v) is 15.5. The van der Waals surface area contributed by atoms with Gasteiger partial charge >= 0.3 is 5.63 Å². The third-order valence-electron chi connectivity index (χ3n) is 5.14. The van der Waals surface area contributed by atoms with E-state index in [1.807, 2.05) is 42.2 Å². The van der Waals surface area contributed by atoms with Crippen molar-refractivity contribution in [2.75, 3.05) is 39.8 Å². The Hall–Kier alpha value is -2.86. The molecule has 1 aliphatic rings. The van der Waals surface area contributed by atoms with Crippen molar-refractivity contribution >= 4 is 27.6 Å². The molecule has 0 aliphatic carbocycles. The van der Waals surface area contributed by atoms with Gasteiger partial charge in [0, 0.05) is 48.4 Å². The number of carbonyl (C=O) groups excluding carboxylic acids is 1. The number of hydrogen-bond donors (Lipinski definition) is 0. The van der Waals surface area contributed by atoms with Crippen molar-refractivity contribution in [2.24, 2.45) is 0 Å². The van der Waals surface area contributed by atoms with Crippen molar-refractivity contribution in [3.05, 3.63) is 52.4 Å². The van der Waals surface area contributed by atoms with E-state index < -0.39 is 0 Å². The molecule has 0 bridgehead atoms. The minimum atomic E-state index is -0.371. The van der Waals surface area contributed by atoms with Crippen LogP contribution in [0.15, 0.2) is 45.6 Å². The average Bonchev–Trinajstić information content (AvgIpc) is 2.66. The zero-order valence-electron chi connectivity index (χ0n) is 15.5. The van der Waals surface area contributed by atoms with Gasteiger partial charge in [0.15, 0.2) is 6.61 Å². The number of carbonyl (C=O) groups is 1. The maximum Gasteiger partial charge on any atom is 0.336 e. The molecule has 3 aromatic rings. The van der Waals surface area contributed by atoms with Crippen LogP contribution in [0.3, 0.4) is 0 Å². The Balaban J connectivity index is 1.62. The lowest BCUT2D eigenvalue weighted by Crippen LogP contribution is -2.48. The monoisotopic (exact) mass is 366 g/mol. The fourth-order valence-corrected chi connectivity index (χ4v) is 3.52. The van der Waals surface area contributed by atoms with Crippen LogP contribution in [0.4, 0.5) is 0 Å². The smallest absolute Gasteiger partial charge is 0.336 e. The number of aryl methyl sites for hydroxylation is 1. The Labute approximate surface area is 156 Å². The fraction of sp³-hybridized carbons (Fsp3) is 0.333. The van der Waals surface area contributed by atoms with E-state index in [4.69, 9.17) is 9.15 Å². The van der Waals surface area contributed by atoms with Crippen LogP contribution in [0.2, 0.25) is 0 Å². The van der Waals surface area contributed by atoms with Gasteiger partial charge in [0.05, 0.1) is 0 Å². The Morgan fingerprint density at radius 1 is 1.07 bits per heavy atom. The normalized spacial score (nSPS) is 15.4. The molecule has 1 saturated heterocycles. The third-order valence-corrected chi connectivity index (χ3v) is 5.14. The molecule has 0 N–H and O–H groups in total. The molecule has 6 nitrogen and oxygen atoms in total. The van der Waals surface area contributed by atoms with E-state index >= 15 is 0 Å².